The summed E-state index contributed by atoms with van der Waals surface area (Å²) in [5.41, 5.74) is 0.909. The van der Waals surface area contributed by atoms with E-state index in [9.17, 15) is 27.9 Å². The Kier molecular flexibility index (Phi) is 5.82. The molecule has 2 atom stereocenters. The van der Waals surface area contributed by atoms with Crippen LogP contribution in [0, 0.1) is 5.92 Å². The molecule has 1 aliphatic heterocycles. The van der Waals surface area contributed by atoms with Crippen molar-refractivity contribution < 1.29 is 27.9 Å². The molecular formula is C16H19F3N2O3. The van der Waals surface area contributed by atoms with Gasteiger partial charge in [0.25, 0.3) is 0 Å². The van der Waals surface area contributed by atoms with Crippen LogP contribution < -0.4 is 5.32 Å². The summed E-state index contributed by atoms with van der Waals surface area (Å²) in [5, 5.41) is 12.4. The first-order valence-electron chi connectivity index (χ1n) is 7.59. The van der Waals surface area contributed by atoms with Gasteiger partial charge in [0.2, 0.25) is 11.8 Å². The number of halogens is 3. The van der Waals surface area contributed by atoms with Gasteiger partial charge < -0.3 is 15.3 Å². The maximum absolute atomic E-state index is 12.3. The molecule has 2 amide bonds. The van der Waals surface area contributed by atoms with Crippen molar-refractivity contribution in [3.8, 4) is 0 Å². The van der Waals surface area contributed by atoms with Crippen LogP contribution in [0.25, 0.3) is 0 Å². The molecule has 8 heteroatoms. The van der Waals surface area contributed by atoms with Crippen molar-refractivity contribution in [3.63, 3.8) is 0 Å². The van der Waals surface area contributed by atoms with E-state index in [2.05, 4.69) is 5.32 Å². The molecule has 0 saturated carbocycles. The molecule has 132 valence electrons. The van der Waals surface area contributed by atoms with Gasteiger partial charge in [0.05, 0.1) is 12.0 Å². The summed E-state index contributed by atoms with van der Waals surface area (Å²) < 4.78 is 37.0. The highest BCUT2D eigenvalue weighted by Crippen LogP contribution is 2.23. The number of alkyl halides is 3. The summed E-state index contributed by atoms with van der Waals surface area (Å²) >= 11 is 0. The average molecular weight is 344 g/mol. The van der Waals surface area contributed by atoms with Crippen molar-refractivity contribution in [2.75, 3.05) is 19.6 Å². The van der Waals surface area contributed by atoms with E-state index in [1.54, 1.807) is 0 Å². The number of carbonyl (C=O) groups is 2. The fourth-order valence-electron chi connectivity index (χ4n) is 2.64. The van der Waals surface area contributed by atoms with Crippen LogP contribution in [0.15, 0.2) is 30.3 Å². The molecule has 2 N–H and O–H groups in total. The summed E-state index contributed by atoms with van der Waals surface area (Å²) in [6.45, 7) is -1.61. The zero-order chi connectivity index (χ0) is 17.7. The fourth-order valence-corrected chi connectivity index (χ4v) is 2.64. The Labute approximate surface area is 137 Å². The molecule has 0 bridgehead atoms. The van der Waals surface area contributed by atoms with Crippen molar-refractivity contribution in [2.45, 2.75) is 25.1 Å². The third-order valence-electron chi connectivity index (χ3n) is 3.78. The lowest BCUT2D eigenvalue weighted by molar-refractivity contribution is -0.157. The van der Waals surface area contributed by atoms with Gasteiger partial charge >= 0.3 is 6.18 Å². The molecule has 0 spiro atoms. The highest BCUT2D eigenvalue weighted by Gasteiger charge is 2.40. The second-order valence-corrected chi connectivity index (χ2v) is 5.88. The van der Waals surface area contributed by atoms with Gasteiger partial charge in [-0.2, -0.15) is 13.2 Å². The third-order valence-corrected chi connectivity index (χ3v) is 3.78. The van der Waals surface area contributed by atoms with E-state index in [0.29, 0.717) is 11.3 Å². The predicted octanol–water partition coefficient (Wildman–Crippen LogP) is 1.12. The maximum atomic E-state index is 12.3. The van der Waals surface area contributed by atoms with Gasteiger partial charge in [0.1, 0.15) is 6.54 Å². The second kappa shape index (κ2) is 7.65. The molecule has 1 aromatic carbocycles. The predicted molar refractivity (Wildman–Crippen MR) is 79.9 cm³/mol. The number of rotatable bonds is 6. The molecule has 0 aliphatic carbocycles. The Morgan fingerprint density at radius 1 is 1.33 bits per heavy atom. The van der Waals surface area contributed by atoms with E-state index in [-0.39, 0.29) is 19.5 Å². The molecule has 0 radical (unpaired) electrons. The van der Waals surface area contributed by atoms with E-state index < -0.39 is 36.6 Å². The monoisotopic (exact) mass is 344 g/mol. The summed E-state index contributed by atoms with van der Waals surface area (Å²) in [5.74, 6) is -2.01. The van der Waals surface area contributed by atoms with Crippen molar-refractivity contribution in [3.05, 3.63) is 35.9 Å². The Morgan fingerprint density at radius 2 is 2.00 bits per heavy atom. The SMILES string of the molecule is O=C(NCC(O)Cc1ccccc1)C1CC(=O)N(CC(F)(F)F)C1. The average Bonchev–Trinajstić information content (AvgIpc) is 2.85. The molecule has 5 nitrogen and oxygen atoms in total. The highest BCUT2D eigenvalue weighted by molar-refractivity contribution is 5.89. The van der Waals surface area contributed by atoms with Crippen LogP contribution in [0.3, 0.4) is 0 Å². The standard InChI is InChI=1S/C16H19F3N2O3/c17-16(18,19)10-21-9-12(7-14(21)23)15(24)20-8-13(22)6-11-4-2-1-3-5-11/h1-5,12-13,22H,6-10H2,(H,20,24). The summed E-state index contributed by atoms with van der Waals surface area (Å²) in [7, 11) is 0. The van der Waals surface area contributed by atoms with Gasteiger partial charge in [-0.25, -0.2) is 0 Å². The van der Waals surface area contributed by atoms with Gasteiger partial charge in [-0.1, -0.05) is 30.3 Å². The molecule has 2 rings (SSSR count). The first kappa shape index (κ1) is 18.3. The van der Waals surface area contributed by atoms with Gasteiger partial charge in [-0.15, -0.1) is 0 Å². The van der Waals surface area contributed by atoms with Gasteiger partial charge in [-0.3, -0.25) is 9.59 Å². The maximum Gasteiger partial charge on any atom is 0.406 e. The molecule has 24 heavy (non-hydrogen) atoms. The zero-order valence-electron chi connectivity index (χ0n) is 12.9. The van der Waals surface area contributed by atoms with Gasteiger partial charge in [0.15, 0.2) is 0 Å². The van der Waals surface area contributed by atoms with Gasteiger partial charge in [0, 0.05) is 25.9 Å². The number of nitrogens with one attached hydrogen (secondary N) is 1. The number of aliphatic hydroxyl groups excluding tert-OH is 1. The van der Waals surface area contributed by atoms with Crippen molar-refractivity contribution >= 4 is 11.8 Å². The topological polar surface area (TPSA) is 69.6 Å². The van der Waals surface area contributed by atoms with Crippen molar-refractivity contribution in [1.82, 2.24) is 10.2 Å². The number of amides is 2. The lowest BCUT2D eigenvalue weighted by Crippen LogP contribution is -2.39. The molecule has 1 fully saturated rings. The van der Waals surface area contributed by atoms with Crippen LogP contribution in [0.2, 0.25) is 0 Å². The number of hydrogen-bond donors (Lipinski definition) is 2. The van der Waals surface area contributed by atoms with Crippen molar-refractivity contribution in [1.29, 1.82) is 0 Å². The van der Waals surface area contributed by atoms with Crippen molar-refractivity contribution in [2.24, 2.45) is 5.92 Å². The third kappa shape index (κ3) is 5.52. The first-order chi connectivity index (χ1) is 11.2. The Balaban J connectivity index is 1.77. The van der Waals surface area contributed by atoms with E-state index in [1.807, 2.05) is 30.3 Å². The Bertz CT molecular complexity index is 578. The quantitative estimate of drug-likeness (QED) is 0.812. The molecule has 0 aromatic heterocycles. The fraction of sp³-hybridized carbons (Fsp3) is 0.500. The Hall–Kier alpha value is -2.09. The Morgan fingerprint density at radius 3 is 2.62 bits per heavy atom. The smallest absolute Gasteiger partial charge is 0.391 e. The molecular weight excluding hydrogens is 325 g/mol. The van der Waals surface area contributed by atoms with E-state index in [1.165, 1.54) is 0 Å². The zero-order valence-corrected chi connectivity index (χ0v) is 12.9. The van der Waals surface area contributed by atoms with Crippen LogP contribution in [0.1, 0.15) is 12.0 Å². The van der Waals surface area contributed by atoms with Crippen LogP contribution in [-0.4, -0.2) is 53.7 Å². The van der Waals surface area contributed by atoms with E-state index in [0.717, 1.165) is 5.56 Å². The lowest BCUT2D eigenvalue weighted by Gasteiger charge is -2.18. The minimum absolute atomic E-state index is 0.0162. The van der Waals surface area contributed by atoms with Crippen LogP contribution >= 0.6 is 0 Å². The normalized spacial score (nSPS) is 19.4. The lowest BCUT2D eigenvalue weighted by atomic mass is 10.1. The van der Waals surface area contributed by atoms with Gasteiger partial charge in [-0.05, 0) is 5.56 Å². The molecule has 1 heterocycles. The summed E-state index contributed by atoms with van der Waals surface area (Å²) in [4.78, 5) is 24.2. The number of aliphatic hydroxyl groups is 1. The number of carbonyl (C=O) groups excluding carboxylic acids is 2. The molecule has 1 aliphatic rings. The number of likely N-dealkylation sites (tertiary alicyclic amines) is 1. The minimum Gasteiger partial charge on any atom is -0.391 e. The van der Waals surface area contributed by atoms with Crippen LogP contribution in [0.4, 0.5) is 13.2 Å². The van der Waals surface area contributed by atoms with Crippen LogP contribution in [0.5, 0.6) is 0 Å². The molecule has 1 saturated heterocycles. The van der Waals surface area contributed by atoms with E-state index >= 15 is 0 Å². The minimum atomic E-state index is -4.48. The largest absolute Gasteiger partial charge is 0.406 e. The number of nitrogens with zero attached hydrogens (tertiary/aromatic N) is 1. The van der Waals surface area contributed by atoms with Crippen LogP contribution in [-0.2, 0) is 16.0 Å². The first-order valence-corrected chi connectivity index (χ1v) is 7.59. The molecule has 2 unspecified atom stereocenters. The number of hydrogen-bond acceptors (Lipinski definition) is 3. The molecule has 1 aromatic rings. The summed E-state index contributed by atoms with van der Waals surface area (Å²) in [6.07, 6.45) is -5.17. The summed E-state index contributed by atoms with van der Waals surface area (Å²) in [6, 6.07) is 9.20. The van der Waals surface area contributed by atoms with E-state index in [4.69, 9.17) is 0 Å². The number of benzene rings is 1. The second-order valence-electron chi connectivity index (χ2n) is 5.88. The highest BCUT2D eigenvalue weighted by atomic mass is 19.4.